The SMILES string of the molecule is CCC(CC(N)=S)NC(=O)c1cc(Cl)ccc1I. The van der Waals surface area contributed by atoms with Crippen molar-refractivity contribution in [3.05, 3.63) is 32.4 Å². The Morgan fingerprint density at radius 1 is 1.61 bits per heavy atom. The third-order valence-electron chi connectivity index (χ3n) is 2.45. The normalized spacial score (nSPS) is 11.9. The third kappa shape index (κ3) is 4.70. The predicted octanol–water partition coefficient (Wildman–Crippen LogP) is 3.13. The van der Waals surface area contributed by atoms with Crippen LogP contribution < -0.4 is 11.1 Å². The summed E-state index contributed by atoms with van der Waals surface area (Å²) in [6, 6.07) is 5.19. The van der Waals surface area contributed by atoms with Crippen molar-refractivity contribution in [2.24, 2.45) is 5.73 Å². The molecule has 0 saturated heterocycles. The second-order valence-corrected chi connectivity index (χ2v) is 6.00. The Kier molecular flexibility index (Phi) is 6.31. The predicted molar refractivity (Wildman–Crippen MR) is 87.1 cm³/mol. The lowest BCUT2D eigenvalue weighted by atomic mass is 10.1. The lowest BCUT2D eigenvalue weighted by Gasteiger charge is -2.16. The highest BCUT2D eigenvalue weighted by molar-refractivity contribution is 14.1. The van der Waals surface area contributed by atoms with Crippen LogP contribution in [-0.4, -0.2) is 16.9 Å². The van der Waals surface area contributed by atoms with Crippen LogP contribution in [-0.2, 0) is 0 Å². The summed E-state index contributed by atoms with van der Waals surface area (Å²) >= 11 is 12.9. The number of nitrogens with two attached hydrogens (primary N) is 1. The van der Waals surface area contributed by atoms with Crippen LogP contribution in [0.15, 0.2) is 18.2 Å². The first-order chi connectivity index (χ1) is 8.43. The molecule has 0 aromatic heterocycles. The van der Waals surface area contributed by atoms with E-state index in [1.54, 1.807) is 12.1 Å². The van der Waals surface area contributed by atoms with Crippen molar-refractivity contribution in [1.82, 2.24) is 5.32 Å². The minimum atomic E-state index is -0.148. The first-order valence-corrected chi connectivity index (χ1v) is 7.34. The minimum Gasteiger partial charge on any atom is -0.393 e. The average molecular weight is 397 g/mol. The lowest BCUT2D eigenvalue weighted by molar-refractivity contribution is 0.0936. The number of rotatable bonds is 5. The number of hydrogen-bond acceptors (Lipinski definition) is 2. The molecule has 0 aliphatic heterocycles. The van der Waals surface area contributed by atoms with Crippen molar-refractivity contribution in [2.75, 3.05) is 0 Å². The molecule has 3 nitrogen and oxygen atoms in total. The van der Waals surface area contributed by atoms with Gasteiger partial charge in [-0.25, -0.2) is 0 Å². The number of benzene rings is 1. The molecule has 1 unspecified atom stereocenters. The van der Waals surface area contributed by atoms with Gasteiger partial charge in [-0.05, 0) is 47.2 Å². The summed E-state index contributed by atoms with van der Waals surface area (Å²) < 4.78 is 0.861. The number of carbonyl (C=O) groups is 1. The highest BCUT2D eigenvalue weighted by Gasteiger charge is 2.15. The van der Waals surface area contributed by atoms with E-state index < -0.39 is 0 Å². The van der Waals surface area contributed by atoms with E-state index in [0.717, 1.165) is 9.99 Å². The number of amides is 1. The van der Waals surface area contributed by atoms with Crippen LogP contribution in [0.3, 0.4) is 0 Å². The summed E-state index contributed by atoms with van der Waals surface area (Å²) in [4.78, 5) is 12.5. The van der Waals surface area contributed by atoms with E-state index in [-0.39, 0.29) is 11.9 Å². The molecule has 0 heterocycles. The van der Waals surface area contributed by atoms with E-state index in [0.29, 0.717) is 22.0 Å². The maximum absolute atomic E-state index is 12.1. The molecule has 1 amide bonds. The Bertz CT molecular complexity index is 467. The Balaban J connectivity index is 2.80. The molecule has 1 atom stereocenters. The summed E-state index contributed by atoms with van der Waals surface area (Å²) in [6.07, 6.45) is 1.29. The van der Waals surface area contributed by atoms with E-state index in [1.165, 1.54) is 0 Å². The van der Waals surface area contributed by atoms with Crippen LogP contribution in [0.5, 0.6) is 0 Å². The van der Waals surface area contributed by atoms with E-state index in [9.17, 15) is 4.79 Å². The zero-order valence-corrected chi connectivity index (χ0v) is 13.6. The molecule has 98 valence electrons. The molecular formula is C12H14ClIN2OS. The molecule has 0 fully saturated rings. The van der Waals surface area contributed by atoms with E-state index in [1.807, 2.05) is 13.0 Å². The van der Waals surface area contributed by atoms with E-state index >= 15 is 0 Å². The topological polar surface area (TPSA) is 55.1 Å². The van der Waals surface area contributed by atoms with Gasteiger partial charge >= 0.3 is 0 Å². The summed E-state index contributed by atoms with van der Waals surface area (Å²) in [5.74, 6) is -0.148. The maximum Gasteiger partial charge on any atom is 0.252 e. The van der Waals surface area contributed by atoms with E-state index in [2.05, 4.69) is 27.9 Å². The van der Waals surface area contributed by atoms with Gasteiger partial charge in [0.1, 0.15) is 0 Å². The van der Waals surface area contributed by atoms with Crippen molar-refractivity contribution >= 4 is 57.3 Å². The summed E-state index contributed by atoms with van der Waals surface area (Å²) in [7, 11) is 0. The van der Waals surface area contributed by atoms with Gasteiger partial charge in [-0.3, -0.25) is 4.79 Å². The minimum absolute atomic E-state index is 0.0372. The number of nitrogens with one attached hydrogen (secondary N) is 1. The Morgan fingerprint density at radius 3 is 2.83 bits per heavy atom. The van der Waals surface area contributed by atoms with Gasteiger partial charge in [0, 0.05) is 21.1 Å². The highest BCUT2D eigenvalue weighted by Crippen LogP contribution is 2.18. The Morgan fingerprint density at radius 2 is 2.28 bits per heavy atom. The fraction of sp³-hybridized carbons (Fsp3) is 0.333. The van der Waals surface area contributed by atoms with Crippen molar-refractivity contribution < 1.29 is 4.79 Å². The quantitative estimate of drug-likeness (QED) is 0.594. The monoisotopic (exact) mass is 396 g/mol. The van der Waals surface area contributed by atoms with Crippen LogP contribution in [0, 0.1) is 3.57 Å². The van der Waals surface area contributed by atoms with Crippen molar-refractivity contribution in [3.8, 4) is 0 Å². The largest absolute Gasteiger partial charge is 0.393 e. The van der Waals surface area contributed by atoms with Crippen molar-refractivity contribution in [2.45, 2.75) is 25.8 Å². The molecule has 18 heavy (non-hydrogen) atoms. The van der Waals surface area contributed by atoms with Gasteiger partial charge in [-0.1, -0.05) is 30.7 Å². The first kappa shape index (κ1) is 15.7. The van der Waals surface area contributed by atoms with Gasteiger partial charge in [0.05, 0.1) is 10.6 Å². The molecule has 0 bridgehead atoms. The Hall–Kier alpha value is -0.400. The standard InChI is InChI=1S/C12H14ClIN2OS/c1-2-8(6-11(15)18)16-12(17)9-5-7(13)3-4-10(9)14/h3-5,8H,2,6H2,1H3,(H2,15,18)(H,16,17). The smallest absolute Gasteiger partial charge is 0.252 e. The van der Waals surface area contributed by atoms with E-state index in [4.69, 9.17) is 29.6 Å². The van der Waals surface area contributed by atoms with Gasteiger partial charge in [0.25, 0.3) is 5.91 Å². The lowest BCUT2D eigenvalue weighted by Crippen LogP contribution is -2.37. The van der Waals surface area contributed by atoms with Crippen LogP contribution in [0.4, 0.5) is 0 Å². The molecule has 0 spiro atoms. The fourth-order valence-corrected chi connectivity index (χ4v) is 2.43. The zero-order valence-electron chi connectivity index (χ0n) is 9.87. The molecule has 1 rings (SSSR count). The molecule has 6 heteroatoms. The number of halogens is 2. The molecule has 3 N–H and O–H groups in total. The van der Waals surface area contributed by atoms with Crippen LogP contribution >= 0.6 is 46.4 Å². The summed E-state index contributed by atoms with van der Waals surface area (Å²) in [5, 5.41) is 3.46. The molecule has 1 aromatic carbocycles. The first-order valence-electron chi connectivity index (χ1n) is 5.48. The molecule has 0 radical (unpaired) electrons. The average Bonchev–Trinajstić information content (AvgIpc) is 2.30. The molecule has 0 saturated carbocycles. The second kappa shape index (κ2) is 7.25. The molecule has 0 aliphatic carbocycles. The van der Waals surface area contributed by atoms with Gasteiger partial charge in [0.15, 0.2) is 0 Å². The van der Waals surface area contributed by atoms with Crippen molar-refractivity contribution in [1.29, 1.82) is 0 Å². The summed E-state index contributed by atoms with van der Waals surface area (Å²) in [5.41, 5.74) is 6.07. The second-order valence-electron chi connectivity index (χ2n) is 3.87. The van der Waals surface area contributed by atoms with Crippen LogP contribution in [0.25, 0.3) is 0 Å². The van der Waals surface area contributed by atoms with Gasteiger partial charge < -0.3 is 11.1 Å². The van der Waals surface area contributed by atoms with Gasteiger partial charge in [-0.15, -0.1) is 0 Å². The van der Waals surface area contributed by atoms with Crippen LogP contribution in [0.2, 0.25) is 5.02 Å². The van der Waals surface area contributed by atoms with Crippen molar-refractivity contribution in [3.63, 3.8) is 0 Å². The summed E-state index contributed by atoms with van der Waals surface area (Å²) in [6.45, 7) is 1.98. The number of thiocarbonyl (C=S) groups is 1. The highest BCUT2D eigenvalue weighted by atomic mass is 127. The molecule has 1 aromatic rings. The van der Waals surface area contributed by atoms with Crippen LogP contribution in [0.1, 0.15) is 30.1 Å². The van der Waals surface area contributed by atoms with Gasteiger partial charge in [0.2, 0.25) is 0 Å². The Labute approximate surface area is 131 Å². The van der Waals surface area contributed by atoms with Gasteiger partial charge in [-0.2, -0.15) is 0 Å². The molecular weight excluding hydrogens is 383 g/mol. The third-order valence-corrected chi connectivity index (χ3v) is 3.79. The fourth-order valence-electron chi connectivity index (χ4n) is 1.47. The maximum atomic E-state index is 12.1. The number of carbonyl (C=O) groups excluding carboxylic acids is 1. The number of hydrogen-bond donors (Lipinski definition) is 2. The molecule has 0 aliphatic rings. The zero-order chi connectivity index (χ0) is 13.7.